The summed E-state index contributed by atoms with van der Waals surface area (Å²) in [5.74, 6) is -0.0179. The van der Waals surface area contributed by atoms with E-state index in [1.165, 1.54) is 5.56 Å². The van der Waals surface area contributed by atoms with Crippen LogP contribution >= 0.6 is 11.3 Å². The van der Waals surface area contributed by atoms with E-state index >= 15 is 0 Å². The SMILES string of the molecule is CCc1ccc(NC(=O)Cc2ccc(-c3csc(-c4ccncc4)n3)cc2)cc1. The molecule has 4 nitrogen and oxygen atoms in total. The van der Waals surface area contributed by atoms with E-state index in [0.29, 0.717) is 6.42 Å². The summed E-state index contributed by atoms with van der Waals surface area (Å²) < 4.78 is 0. The Labute approximate surface area is 174 Å². The van der Waals surface area contributed by atoms with Crippen molar-refractivity contribution in [1.29, 1.82) is 0 Å². The van der Waals surface area contributed by atoms with E-state index in [4.69, 9.17) is 4.98 Å². The lowest BCUT2D eigenvalue weighted by Crippen LogP contribution is -2.14. The molecule has 5 heteroatoms. The number of carbonyl (C=O) groups excluding carboxylic acids is 1. The first-order chi connectivity index (χ1) is 14.2. The van der Waals surface area contributed by atoms with Crippen LogP contribution in [0, 0.1) is 0 Å². The highest BCUT2D eigenvalue weighted by molar-refractivity contribution is 7.13. The number of thiazole rings is 1. The first-order valence-corrected chi connectivity index (χ1v) is 10.4. The van der Waals surface area contributed by atoms with Gasteiger partial charge in [0, 0.05) is 34.6 Å². The molecule has 0 aliphatic carbocycles. The molecule has 29 heavy (non-hydrogen) atoms. The number of rotatable bonds is 6. The van der Waals surface area contributed by atoms with Crippen LogP contribution in [0.3, 0.4) is 0 Å². The van der Waals surface area contributed by atoms with Crippen LogP contribution in [0.25, 0.3) is 21.8 Å². The van der Waals surface area contributed by atoms with E-state index in [1.807, 2.05) is 60.7 Å². The van der Waals surface area contributed by atoms with Gasteiger partial charge in [0.1, 0.15) is 5.01 Å². The van der Waals surface area contributed by atoms with Crippen molar-refractivity contribution in [3.8, 4) is 21.8 Å². The quantitative estimate of drug-likeness (QED) is 0.458. The number of nitrogens with zero attached hydrogens (tertiary/aromatic N) is 2. The van der Waals surface area contributed by atoms with Crippen LogP contribution in [0.5, 0.6) is 0 Å². The molecule has 0 radical (unpaired) electrons. The lowest BCUT2D eigenvalue weighted by molar-refractivity contribution is -0.115. The van der Waals surface area contributed by atoms with Crippen molar-refractivity contribution in [3.05, 3.63) is 89.6 Å². The van der Waals surface area contributed by atoms with Gasteiger partial charge in [-0.2, -0.15) is 0 Å². The fourth-order valence-electron chi connectivity index (χ4n) is 3.04. The van der Waals surface area contributed by atoms with E-state index in [-0.39, 0.29) is 5.91 Å². The van der Waals surface area contributed by atoms with Crippen molar-refractivity contribution in [2.75, 3.05) is 5.32 Å². The third-order valence-electron chi connectivity index (χ3n) is 4.69. The van der Waals surface area contributed by atoms with Crippen LogP contribution in [-0.4, -0.2) is 15.9 Å². The molecule has 0 unspecified atom stereocenters. The molecule has 0 aliphatic rings. The molecule has 0 spiro atoms. The van der Waals surface area contributed by atoms with Crippen molar-refractivity contribution >= 4 is 22.9 Å². The Morgan fingerprint density at radius 2 is 1.59 bits per heavy atom. The highest BCUT2D eigenvalue weighted by atomic mass is 32.1. The number of nitrogens with one attached hydrogen (secondary N) is 1. The Morgan fingerprint density at radius 1 is 0.897 bits per heavy atom. The van der Waals surface area contributed by atoms with Crippen LogP contribution in [0.15, 0.2) is 78.4 Å². The maximum absolute atomic E-state index is 12.3. The molecule has 4 rings (SSSR count). The highest BCUT2D eigenvalue weighted by Gasteiger charge is 2.08. The molecule has 0 bridgehead atoms. The number of aromatic nitrogens is 2. The molecule has 2 aromatic heterocycles. The summed E-state index contributed by atoms with van der Waals surface area (Å²) in [6, 6.07) is 19.9. The number of aryl methyl sites for hydroxylation is 1. The summed E-state index contributed by atoms with van der Waals surface area (Å²) in [5, 5.41) is 5.98. The smallest absolute Gasteiger partial charge is 0.228 e. The Bertz CT molecular complexity index is 1090. The predicted molar refractivity (Wildman–Crippen MR) is 119 cm³/mol. The molecule has 1 N–H and O–H groups in total. The fourth-order valence-corrected chi connectivity index (χ4v) is 3.88. The van der Waals surface area contributed by atoms with E-state index in [1.54, 1.807) is 23.7 Å². The molecule has 0 aliphatic heterocycles. The van der Waals surface area contributed by atoms with Gasteiger partial charge in [0.05, 0.1) is 12.1 Å². The third-order valence-corrected chi connectivity index (χ3v) is 5.58. The molecule has 1 amide bonds. The summed E-state index contributed by atoms with van der Waals surface area (Å²) >= 11 is 1.61. The number of hydrogen-bond donors (Lipinski definition) is 1. The lowest BCUT2D eigenvalue weighted by Gasteiger charge is -2.07. The van der Waals surface area contributed by atoms with Gasteiger partial charge < -0.3 is 5.32 Å². The number of benzene rings is 2. The predicted octanol–water partition coefficient (Wildman–Crippen LogP) is 5.62. The molecule has 0 atom stereocenters. The zero-order chi connectivity index (χ0) is 20.1. The Morgan fingerprint density at radius 3 is 2.28 bits per heavy atom. The number of carbonyl (C=O) groups is 1. The fraction of sp³-hybridized carbons (Fsp3) is 0.125. The molecule has 0 fully saturated rings. The van der Waals surface area contributed by atoms with Crippen LogP contribution in [0.4, 0.5) is 5.69 Å². The molecule has 4 aromatic rings. The van der Waals surface area contributed by atoms with Gasteiger partial charge in [0.15, 0.2) is 0 Å². The van der Waals surface area contributed by atoms with E-state index in [0.717, 1.165) is 39.5 Å². The summed E-state index contributed by atoms with van der Waals surface area (Å²) in [4.78, 5) is 21.1. The highest BCUT2D eigenvalue weighted by Crippen LogP contribution is 2.28. The van der Waals surface area contributed by atoms with Crippen LogP contribution in [0.2, 0.25) is 0 Å². The van der Waals surface area contributed by atoms with E-state index in [2.05, 4.69) is 22.6 Å². The maximum atomic E-state index is 12.3. The normalized spacial score (nSPS) is 10.7. The average Bonchev–Trinajstić information content (AvgIpc) is 3.26. The molecule has 0 saturated heterocycles. The zero-order valence-electron chi connectivity index (χ0n) is 16.1. The van der Waals surface area contributed by atoms with Crippen molar-refractivity contribution < 1.29 is 4.79 Å². The Hall–Kier alpha value is -3.31. The average molecular weight is 400 g/mol. The maximum Gasteiger partial charge on any atom is 0.228 e. The van der Waals surface area contributed by atoms with Crippen molar-refractivity contribution in [2.24, 2.45) is 0 Å². The summed E-state index contributed by atoms with van der Waals surface area (Å²) in [6.45, 7) is 2.11. The minimum atomic E-state index is -0.0179. The minimum Gasteiger partial charge on any atom is -0.326 e. The second-order valence-corrected chi connectivity index (χ2v) is 7.60. The van der Waals surface area contributed by atoms with Crippen molar-refractivity contribution in [1.82, 2.24) is 9.97 Å². The number of anilines is 1. The second kappa shape index (κ2) is 8.80. The first-order valence-electron chi connectivity index (χ1n) is 9.55. The Kier molecular flexibility index (Phi) is 5.77. The van der Waals surface area contributed by atoms with Gasteiger partial charge in [-0.25, -0.2) is 4.98 Å². The largest absolute Gasteiger partial charge is 0.326 e. The zero-order valence-corrected chi connectivity index (χ0v) is 16.9. The number of pyridine rings is 1. The van der Waals surface area contributed by atoms with Gasteiger partial charge in [-0.3, -0.25) is 9.78 Å². The van der Waals surface area contributed by atoms with Gasteiger partial charge in [-0.1, -0.05) is 43.3 Å². The van der Waals surface area contributed by atoms with Crippen LogP contribution < -0.4 is 5.32 Å². The molecular formula is C24H21N3OS. The summed E-state index contributed by atoms with van der Waals surface area (Å²) in [5.41, 5.74) is 6.11. The second-order valence-electron chi connectivity index (χ2n) is 6.75. The molecule has 2 aromatic carbocycles. The standard InChI is InChI=1S/C24H21N3OS/c1-2-17-5-9-21(10-6-17)26-23(28)15-18-3-7-19(8-4-18)22-16-29-24(27-22)20-11-13-25-14-12-20/h3-14,16H,2,15H2,1H3,(H,26,28). The lowest BCUT2D eigenvalue weighted by atomic mass is 10.1. The van der Waals surface area contributed by atoms with Gasteiger partial charge in [0.2, 0.25) is 5.91 Å². The van der Waals surface area contributed by atoms with Crippen molar-refractivity contribution in [3.63, 3.8) is 0 Å². The number of hydrogen-bond acceptors (Lipinski definition) is 4. The topological polar surface area (TPSA) is 54.9 Å². The Balaban J connectivity index is 1.40. The van der Waals surface area contributed by atoms with Gasteiger partial charge in [-0.05, 0) is 41.8 Å². The van der Waals surface area contributed by atoms with E-state index < -0.39 is 0 Å². The third kappa shape index (κ3) is 4.76. The first kappa shape index (κ1) is 19.0. The monoisotopic (exact) mass is 399 g/mol. The van der Waals surface area contributed by atoms with Gasteiger partial charge in [-0.15, -0.1) is 11.3 Å². The minimum absolute atomic E-state index is 0.0179. The van der Waals surface area contributed by atoms with Crippen molar-refractivity contribution in [2.45, 2.75) is 19.8 Å². The van der Waals surface area contributed by atoms with Gasteiger partial charge >= 0.3 is 0 Å². The van der Waals surface area contributed by atoms with Crippen LogP contribution in [0.1, 0.15) is 18.1 Å². The summed E-state index contributed by atoms with van der Waals surface area (Å²) in [7, 11) is 0. The molecular weight excluding hydrogens is 378 g/mol. The molecule has 144 valence electrons. The number of amides is 1. The molecule has 2 heterocycles. The summed E-state index contributed by atoms with van der Waals surface area (Å²) in [6.07, 6.45) is 4.88. The molecule has 0 saturated carbocycles. The van der Waals surface area contributed by atoms with E-state index in [9.17, 15) is 4.79 Å². The van der Waals surface area contributed by atoms with Crippen LogP contribution in [-0.2, 0) is 17.6 Å². The van der Waals surface area contributed by atoms with Gasteiger partial charge in [0.25, 0.3) is 0 Å².